The van der Waals surface area contributed by atoms with Crippen molar-refractivity contribution in [2.24, 2.45) is 0 Å². The molecule has 0 spiro atoms. The number of benzene rings is 1. The Morgan fingerprint density at radius 1 is 0.964 bits per heavy atom. The van der Waals surface area contributed by atoms with Crippen molar-refractivity contribution in [3.8, 4) is 11.6 Å². The summed E-state index contributed by atoms with van der Waals surface area (Å²) in [7, 11) is 1.62. The Balaban J connectivity index is 1.44. The Morgan fingerprint density at radius 3 is 2.25 bits per heavy atom. The van der Waals surface area contributed by atoms with E-state index in [1.165, 1.54) is 0 Å². The van der Waals surface area contributed by atoms with Crippen LogP contribution in [0.4, 0.5) is 5.82 Å². The fourth-order valence-electron chi connectivity index (χ4n) is 3.37. The van der Waals surface area contributed by atoms with Crippen LogP contribution in [0.25, 0.3) is 5.82 Å². The Morgan fingerprint density at radius 2 is 1.61 bits per heavy atom. The maximum atomic E-state index is 12.7. The summed E-state index contributed by atoms with van der Waals surface area (Å²) >= 11 is 0. The van der Waals surface area contributed by atoms with E-state index in [2.05, 4.69) is 14.9 Å². The molecule has 0 unspecified atom stereocenters. The summed E-state index contributed by atoms with van der Waals surface area (Å²) in [6, 6.07) is 13.2. The van der Waals surface area contributed by atoms with Crippen molar-refractivity contribution in [3.63, 3.8) is 0 Å². The SMILES string of the molecule is COc1ccc(C(=O)N2CCN(c3cc(-n4cccc4)nc(C)n3)CC2)cc1. The number of piperazine rings is 1. The van der Waals surface area contributed by atoms with Crippen molar-refractivity contribution in [2.45, 2.75) is 6.92 Å². The average molecular weight is 377 g/mol. The molecule has 7 nitrogen and oxygen atoms in total. The van der Waals surface area contributed by atoms with Gasteiger partial charge in [-0.05, 0) is 43.3 Å². The van der Waals surface area contributed by atoms with Crippen LogP contribution in [0.3, 0.4) is 0 Å². The molecule has 144 valence electrons. The van der Waals surface area contributed by atoms with Crippen LogP contribution in [-0.2, 0) is 0 Å². The first-order valence-electron chi connectivity index (χ1n) is 9.31. The number of nitrogens with zero attached hydrogens (tertiary/aromatic N) is 5. The minimum Gasteiger partial charge on any atom is -0.497 e. The minimum atomic E-state index is 0.0502. The van der Waals surface area contributed by atoms with Gasteiger partial charge in [0.15, 0.2) is 0 Å². The smallest absolute Gasteiger partial charge is 0.253 e. The Hall–Kier alpha value is -3.35. The first-order chi connectivity index (χ1) is 13.6. The molecule has 0 N–H and O–H groups in total. The third-order valence-corrected chi connectivity index (χ3v) is 4.91. The largest absolute Gasteiger partial charge is 0.497 e. The molecule has 0 bridgehead atoms. The van der Waals surface area contributed by atoms with E-state index in [0.717, 1.165) is 36.3 Å². The molecule has 3 heterocycles. The molecule has 1 aliphatic rings. The summed E-state index contributed by atoms with van der Waals surface area (Å²) in [6.45, 7) is 4.70. The molecule has 3 aromatic rings. The lowest BCUT2D eigenvalue weighted by Gasteiger charge is -2.35. The number of amides is 1. The third-order valence-electron chi connectivity index (χ3n) is 4.91. The summed E-state index contributed by atoms with van der Waals surface area (Å²) in [5.74, 6) is 3.28. The number of aryl methyl sites for hydroxylation is 1. The topological polar surface area (TPSA) is 63.5 Å². The number of carbonyl (C=O) groups excluding carboxylic acids is 1. The lowest BCUT2D eigenvalue weighted by atomic mass is 10.1. The van der Waals surface area contributed by atoms with Crippen LogP contribution in [0.2, 0.25) is 0 Å². The molecular weight excluding hydrogens is 354 g/mol. The maximum Gasteiger partial charge on any atom is 0.253 e. The molecular formula is C21H23N5O2. The van der Waals surface area contributed by atoms with Crippen LogP contribution in [0.1, 0.15) is 16.2 Å². The molecule has 28 heavy (non-hydrogen) atoms. The van der Waals surface area contributed by atoms with Crippen molar-refractivity contribution in [3.05, 3.63) is 66.2 Å². The van der Waals surface area contributed by atoms with E-state index < -0.39 is 0 Å². The molecule has 1 fully saturated rings. The zero-order valence-electron chi connectivity index (χ0n) is 16.1. The predicted octanol–water partition coefficient (Wildman–Crippen LogP) is 2.55. The number of aromatic nitrogens is 3. The molecule has 1 amide bonds. The van der Waals surface area contributed by atoms with Crippen LogP contribution in [0, 0.1) is 6.92 Å². The van der Waals surface area contributed by atoms with Gasteiger partial charge in [-0.3, -0.25) is 4.79 Å². The van der Waals surface area contributed by atoms with E-state index in [0.29, 0.717) is 18.7 Å². The van der Waals surface area contributed by atoms with Crippen molar-refractivity contribution in [1.29, 1.82) is 0 Å². The van der Waals surface area contributed by atoms with Gasteiger partial charge in [-0.2, -0.15) is 0 Å². The number of methoxy groups -OCH3 is 1. The maximum absolute atomic E-state index is 12.7. The fourth-order valence-corrected chi connectivity index (χ4v) is 3.37. The monoisotopic (exact) mass is 377 g/mol. The first-order valence-corrected chi connectivity index (χ1v) is 9.31. The van der Waals surface area contributed by atoms with Crippen LogP contribution in [-0.4, -0.2) is 58.6 Å². The van der Waals surface area contributed by atoms with Gasteiger partial charge in [0.1, 0.15) is 23.2 Å². The molecule has 0 radical (unpaired) electrons. The van der Waals surface area contributed by atoms with Gasteiger partial charge in [0, 0.05) is 50.2 Å². The number of hydrogen-bond acceptors (Lipinski definition) is 5. The summed E-state index contributed by atoms with van der Waals surface area (Å²) < 4.78 is 7.13. The number of carbonyl (C=O) groups is 1. The van der Waals surface area contributed by atoms with Crippen molar-refractivity contribution in [2.75, 3.05) is 38.2 Å². The number of hydrogen-bond donors (Lipinski definition) is 0. The quantitative estimate of drug-likeness (QED) is 0.699. The van der Waals surface area contributed by atoms with Gasteiger partial charge in [0.25, 0.3) is 5.91 Å². The highest BCUT2D eigenvalue weighted by Crippen LogP contribution is 2.19. The van der Waals surface area contributed by atoms with Crippen molar-refractivity contribution in [1.82, 2.24) is 19.4 Å². The highest BCUT2D eigenvalue weighted by atomic mass is 16.5. The van der Waals surface area contributed by atoms with E-state index in [1.54, 1.807) is 7.11 Å². The van der Waals surface area contributed by atoms with Crippen molar-refractivity contribution >= 4 is 11.7 Å². The number of anilines is 1. The summed E-state index contributed by atoms with van der Waals surface area (Å²) in [5, 5.41) is 0. The van der Waals surface area contributed by atoms with Gasteiger partial charge >= 0.3 is 0 Å². The Bertz CT molecular complexity index is 945. The van der Waals surface area contributed by atoms with E-state index in [1.807, 2.05) is 71.2 Å². The van der Waals surface area contributed by atoms with Gasteiger partial charge in [-0.25, -0.2) is 9.97 Å². The molecule has 0 saturated carbocycles. The van der Waals surface area contributed by atoms with Gasteiger partial charge in [-0.1, -0.05) is 0 Å². The normalized spacial score (nSPS) is 14.2. The summed E-state index contributed by atoms with van der Waals surface area (Å²) in [5.41, 5.74) is 0.682. The number of ether oxygens (including phenoxy) is 1. The average Bonchev–Trinajstić information content (AvgIpc) is 3.28. The first kappa shape index (κ1) is 18.0. The second-order valence-electron chi connectivity index (χ2n) is 6.73. The Labute approximate surface area is 164 Å². The highest BCUT2D eigenvalue weighted by Gasteiger charge is 2.23. The molecule has 7 heteroatoms. The van der Waals surface area contributed by atoms with Gasteiger partial charge < -0.3 is 19.1 Å². The lowest BCUT2D eigenvalue weighted by molar-refractivity contribution is 0.0746. The molecule has 4 rings (SSSR count). The van der Waals surface area contributed by atoms with E-state index in [9.17, 15) is 4.79 Å². The predicted molar refractivity (Wildman–Crippen MR) is 107 cm³/mol. The fraction of sp³-hybridized carbons (Fsp3) is 0.286. The molecule has 1 aliphatic heterocycles. The zero-order valence-corrected chi connectivity index (χ0v) is 16.1. The Kier molecular flexibility index (Phi) is 4.97. The molecule has 1 aromatic carbocycles. The van der Waals surface area contributed by atoms with Gasteiger partial charge in [-0.15, -0.1) is 0 Å². The molecule has 0 atom stereocenters. The van der Waals surface area contributed by atoms with E-state index in [-0.39, 0.29) is 5.91 Å². The summed E-state index contributed by atoms with van der Waals surface area (Å²) in [6.07, 6.45) is 3.94. The second-order valence-corrected chi connectivity index (χ2v) is 6.73. The van der Waals surface area contributed by atoms with E-state index in [4.69, 9.17) is 4.74 Å². The minimum absolute atomic E-state index is 0.0502. The van der Waals surface area contributed by atoms with Gasteiger partial charge in [0.05, 0.1) is 7.11 Å². The standard InChI is InChI=1S/C21H23N5O2/c1-16-22-19(24-9-3-4-10-24)15-20(23-16)25-11-13-26(14-12-25)21(27)17-5-7-18(28-2)8-6-17/h3-10,15H,11-14H2,1-2H3. The van der Waals surface area contributed by atoms with Crippen molar-refractivity contribution < 1.29 is 9.53 Å². The zero-order chi connectivity index (χ0) is 19.5. The molecule has 0 aliphatic carbocycles. The summed E-state index contributed by atoms with van der Waals surface area (Å²) in [4.78, 5) is 26.0. The highest BCUT2D eigenvalue weighted by molar-refractivity contribution is 5.94. The van der Waals surface area contributed by atoms with Crippen LogP contribution in [0.15, 0.2) is 54.9 Å². The van der Waals surface area contributed by atoms with E-state index >= 15 is 0 Å². The van der Waals surface area contributed by atoms with Crippen LogP contribution in [0.5, 0.6) is 5.75 Å². The lowest BCUT2D eigenvalue weighted by Crippen LogP contribution is -2.49. The number of rotatable bonds is 4. The van der Waals surface area contributed by atoms with Gasteiger partial charge in [0.2, 0.25) is 0 Å². The second kappa shape index (κ2) is 7.72. The van der Waals surface area contributed by atoms with Crippen LogP contribution >= 0.6 is 0 Å². The molecule has 2 aromatic heterocycles. The molecule has 1 saturated heterocycles. The van der Waals surface area contributed by atoms with Crippen LogP contribution < -0.4 is 9.64 Å². The third kappa shape index (κ3) is 3.69.